The lowest BCUT2D eigenvalue weighted by Gasteiger charge is -2.29. The monoisotopic (exact) mass is 374 g/mol. The minimum atomic E-state index is -0.859. The number of pyridine rings is 1. The van der Waals surface area contributed by atoms with E-state index >= 15 is 0 Å². The number of halogens is 1. The van der Waals surface area contributed by atoms with E-state index in [0.29, 0.717) is 13.1 Å². The molecule has 23 heavy (non-hydrogen) atoms. The fourth-order valence-electron chi connectivity index (χ4n) is 3.23. The number of carboxylic acid groups (broad SMARTS) is 1. The fraction of sp³-hybridized carbons (Fsp3) is 0.312. The van der Waals surface area contributed by atoms with Crippen LogP contribution < -0.4 is 0 Å². The first-order valence-corrected chi connectivity index (χ1v) is 8.33. The van der Waals surface area contributed by atoms with E-state index in [4.69, 9.17) is 0 Å². The first-order chi connectivity index (χ1) is 11.1. The third-order valence-corrected chi connectivity index (χ3v) is 4.88. The minimum Gasteiger partial charge on any atom is -0.465 e. The number of aromatic amines is 1. The Kier molecular flexibility index (Phi) is 3.45. The maximum absolute atomic E-state index is 11.2. The number of carbonyl (C=O) groups is 1. The summed E-state index contributed by atoms with van der Waals surface area (Å²) in [6.07, 6.45) is 2.71. The van der Waals surface area contributed by atoms with Gasteiger partial charge in [0.1, 0.15) is 11.3 Å². The van der Waals surface area contributed by atoms with Gasteiger partial charge in [-0.3, -0.25) is 4.98 Å². The van der Waals surface area contributed by atoms with E-state index in [1.807, 2.05) is 18.2 Å². The van der Waals surface area contributed by atoms with Crippen molar-refractivity contribution >= 4 is 44.0 Å². The SMILES string of the molecule is O=C(O)N1CCC[C@@H](c2nc3cnc4cc(Br)ccc4c3[nH]2)C1. The van der Waals surface area contributed by atoms with E-state index < -0.39 is 6.09 Å². The fourth-order valence-corrected chi connectivity index (χ4v) is 3.57. The van der Waals surface area contributed by atoms with Gasteiger partial charge in [-0.25, -0.2) is 9.78 Å². The number of piperidine rings is 1. The lowest BCUT2D eigenvalue weighted by Crippen LogP contribution is -2.38. The molecule has 1 fully saturated rings. The summed E-state index contributed by atoms with van der Waals surface area (Å²) in [5.41, 5.74) is 2.69. The number of aromatic nitrogens is 3. The van der Waals surface area contributed by atoms with Crippen molar-refractivity contribution < 1.29 is 9.90 Å². The molecule has 0 radical (unpaired) electrons. The van der Waals surface area contributed by atoms with Crippen LogP contribution in [0.25, 0.3) is 21.9 Å². The van der Waals surface area contributed by atoms with E-state index in [1.165, 1.54) is 4.90 Å². The standard InChI is InChI=1S/C16H15BrN4O2/c17-10-3-4-11-12(6-10)18-7-13-14(11)20-15(19-13)9-2-1-5-21(8-9)16(22)23/h3-4,6-7,9H,1-2,5,8H2,(H,19,20)(H,22,23)/t9-/m1/s1. The van der Waals surface area contributed by atoms with Gasteiger partial charge in [0.2, 0.25) is 0 Å². The van der Waals surface area contributed by atoms with Crippen molar-refractivity contribution in [2.75, 3.05) is 13.1 Å². The maximum atomic E-state index is 11.2. The zero-order chi connectivity index (χ0) is 16.0. The van der Waals surface area contributed by atoms with Gasteiger partial charge in [0, 0.05) is 28.9 Å². The predicted octanol–water partition coefficient (Wildman–Crippen LogP) is 3.73. The molecule has 3 aromatic rings. The van der Waals surface area contributed by atoms with E-state index in [1.54, 1.807) is 6.20 Å². The van der Waals surface area contributed by atoms with Crippen LogP contribution in [-0.4, -0.2) is 44.1 Å². The Bertz CT molecular complexity index is 908. The van der Waals surface area contributed by atoms with Gasteiger partial charge < -0.3 is 15.0 Å². The van der Waals surface area contributed by atoms with Gasteiger partial charge in [0.05, 0.1) is 17.2 Å². The molecule has 1 amide bonds. The van der Waals surface area contributed by atoms with Gasteiger partial charge in [-0.15, -0.1) is 0 Å². The molecule has 1 aliphatic heterocycles. The van der Waals surface area contributed by atoms with Crippen LogP contribution in [0.15, 0.2) is 28.9 Å². The number of imidazole rings is 1. The van der Waals surface area contributed by atoms with E-state index in [0.717, 1.165) is 45.1 Å². The summed E-state index contributed by atoms with van der Waals surface area (Å²) in [4.78, 5) is 25.2. The van der Waals surface area contributed by atoms with Crippen molar-refractivity contribution in [2.45, 2.75) is 18.8 Å². The predicted molar refractivity (Wildman–Crippen MR) is 90.7 cm³/mol. The van der Waals surface area contributed by atoms with Crippen LogP contribution in [0.4, 0.5) is 4.79 Å². The van der Waals surface area contributed by atoms with E-state index in [2.05, 4.69) is 30.9 Å². The molecule has 1 saturated heterocycles. The molecule has 2 aromatic heterocycles. The van der Waals surface area contributed by atoms with Crippen LogP contribution >= 0.6 is 15.9 Å². The summed E-state index contributed by atoms with van der Waals surface area (Å²) in [5, 5.41) is 10.2. The first-order valence-electron chi connectivity index (χ1n) is 7.53. The highest BCUT2D eigenvalue weighted by atomic mass is 79.9. The van der Waals surface area contributed by atoms with Gasteiger partial charge >= 0.3 is 6.09 Å². The van der Waals surface area contributed by atoms with Crippen LogP contribution in [0.3, 0.4) is 0 Å². The van der Waals surface area contributed by atoms with E-state index in [-0.39, 0.29) is 5.92 Å². The topological polar surface area (TPSA) is 82.1 Å². The molecule has 4 rings (SSSR count). The molecule has 0 bridgehead atoms. The van der Waals surface area contributed by atoms with Crippen molar-refractivity contribution in [1.82, 2.24) is 19.9 Å². The molecular formula is C16H15BrN4O2. The van der Waals surface area contributed by atoms with Crippen molar-refractivity contribution in [3.05, 3.63) is 34.7 Å². The molecule has 0 unspecified atom stereocenters. The Morgan fingerprint density at radius 1 is 1.39 bits per heavy atom. The zero-order valence-electron chi connectivity index (χ0n) is 12.3. The summed E-state index contributed by atoms with van der Waals surface area (Å²) in [7, 11) is 0. The summed E-state index contributed by atoms with van der Waals surface area (Å²) in [6, 6.07) is 5.97. The van der Waals surface area contributed by atoms with Crippen LogP contribution in [0, 0.1) is 0 Å². The van der Waals surface area contributed by atoms with Crippen molar-refractivity contribution in [3.63, 3.8) is 0 Å². The molecule has 0 spiro atoms. The highest BCUT2D eigenvalue weighted by Crippen LogP contribution is 2.29. The number of amides is 1. The van der Waals surface area contributed by atoms with Gasteiger partial charge in [-0.1, -0.05) is 15.9 Å². The summed E-state index contributed by atoms with van der Waals surface area (Å²) in [6.45, 7) is 1.09. The number of nitrogens with zero attached hydrogens (tertiary/aromatic N) is 3. The van der Waals surface area contributed by atoms with Crippen LogP contribution in [-0.2, 0) is 0 Å². The molecular weight excluding hydrogens is 360 g/mol. The van der Waals surface area contributed by atoms with Crippen molar-refractivity contribution in [1.29, 1.82) is 0 Å². The first kappa shape index (κ1) is 14.4. The van der Waals surface area contributed by atoms with Crippen LogP contribution in [0.2, 0.25) is 0 Å². The van der Waals surface area contributed by atoms with Gasteiger partial charge in [-0.05, 0) is 31.0 Å². The normalized spacial score (nSPS) is 18.7. The average Bonchev–Trinajstić information content (AvgIpc) is 2.99. The molecule has 0 aliphatic carbocycles. The lowest BCUT2D eigenvalue weighted by atomic mass is 9.98. The largest absolute Gasteiger partial charge is 0.465 e. The maximum Gasteiger partial charge on any atom is 0.407 e. The third kappa shape index (κ3) is 2.55. The van der Waals surface area contributed by atoms with Gasteiger partial charge in [-0.2, -0.15) is 0 Å². The number of likely N-dealkylation sites (tertiary alicyclic amines) is 1. The van der Waals surface area contributed by atoms with Crippen LogP contribution in [0.5, 0.6) is 0 Å². The van der Waals surface area contributed by atoms with Crippen molar-refractivity contribution in [2.24, 2.45) is 0 Å². The minimum absolute atomic E-state index is 0.109. The Hall–Kier alpha value is -2.15. The quantitative estimate of drug-likeness (QED) is 0.679. The number of H-pyrrole nitrogens is 1. The molecule has 1 atom stereocenters. The Balaban J connectivity index is 1.76. The number of rotatable bonds is 1. The second-order valence-electron chi connectivity index (χ2n) is 5.87. The number of fused-ring (bicyclic) bond motifs is 3. The Morgan fingerprint density at radius 3 is 3.09 bits per heavy atom. The molecule has 1 aromatic carbocycles. The highest BCUT2D eigenvalue weighted by Gasteiger charge is 2.26. The smallest absolute Gasteiger partial charge is 0.407 e. The second kappa shape index (κ2) is 5.49. The zero-order valence-corrected chi connectivity index (χ0v) is 13.9. The lowest BCUT2D eigenvalue weighted by molar-refractivity contribution is 0.129. The van der Waals surface area contributed by atoms with Crippen molar-refractivity contribution in [3.8, 4) is 0 Å². The second-order valence-corrected chi connectivity index (χ2v) is 6.79. The number of nitrogens with one attached hydrogen (secondary N) is 1. The summed E-state index contributed by atoms with van der Waals surface area (Å²) < 4.78 is 0.987. The number of hydrogen-bond acceptors (Lipinski definition) is 3. The van der Waals surface area contributed by atoms with Gasteiger partial charge in [0.25, 0.3) is 0 Å². The Labute approximate surface area is 140 Å². The molecule has 6 nitrogen and oxygen atoms in total. The average molecular weight is 375 g/mol. The molecule has 7 heteroatoms. The molecule has 1 aliphatic rings. The van der Waals surface area contributed by atoms with E-state index in [9.17, 15) is 9.90 Å². The molecule has 0 saturated carbocycles. The van der Waals surface area contributed by atoms with Gasteiger partial charge in [0.15, 0.2) is 0 Å². The summed E-state index contributed by atoms with van der Waals surface area (Å²) in [5.74, 6) is 0.959. The molecule has 3 heterocycles. The summed E-state index contributed by atoms with van der Waals surface area (Å²) >= 11 is 3.46. The molecule has 2 N–H and O–H groups in total. The third-order valence-electron chi connectivity index (χ3n) is 4.38. The molecule has 118 valence electrons. The Morgan fingerprint density at radius 2 is 2.26 bits per heavy atom. The van der Waals surface area contributed by atoms with Crippen LogP contribution in [0.1, 0.15) is 24.6 Å². The number of hydrogen-bond donors (Lipinski definition) is 2. The number of benzene rings is 1. The highest BCUT2D eigenvalue weighted by molar-refractivity contribution is 9.10.